The topological polar surface area (TPSA) is 53.5 Å². The van der Waals surface area contributed by atoms with Crippen LogP contribution in [0.3, 0.4) is 0 Å². The molecule has 1 aromatic heterocycles. The average Bonchev–Trinajstić information content (AvgIpc) is 3.29. The van der Waals surface area contributed by atoms with Gasteiger partial charge in [0.2, 0.25) is 11.8 Å². The van der Waals surface area contributed by atoms with Crippen LogP contribution in [-0.2, 0) is 9.59 Å². The van der Waals surface area contributed by atoms with Gasteiger partial charge < -0.3 is 0 Å². The largest absolute Gasteiger partial charge is 0.279 e. The van der Waals surface area contributed by atoms with Gasteiger partial charge in [-0.05, 0) is 38.9 Å². The van der Waals surface area contributed by atoms with Crippen LogP contribution in [0.4, 0.5) is 0 Å². The first-order valence-corrected chi connectivity index (χ1v) is 9.72. The first kappa shape index (κ1) is 16.7. The number of thiazole rings is 1. The highest BCUT2D eigenvalue weighted by Gasteiger charge is 2.52. The fourth-order valence-corrected chi connectivity index (χ4v) is 5.13. The van der Waals surface area contributed by atoms with E-state index in [1.807, 2.05) is 30.1 Å². The highest BCUT2D eigenvalue weighted by Crippen LogP contribution is 2.47. The highest BCUT2D eigenvalue weighted by atomic mass is 32.1. The van der Waals surface area contributed by atoms with Crippen molar-refractivity contribution in [3.05, 3.63) is 29.3 Å². The Labute approximate surface area is 151 Å². The number of imide groups is 1. The minimum absolute atomic E-state index is 0.0183. The lowest BCUT2D eigenvalue weighted by Crippen LogP contribution is -2.42. The summed E-state index contributed by atoms with van der Waals surface area (Å²) in [6, 6.07) is 8.14. The molecular weight excluding hydrogens is 334 g/mol. The van der Waals surface area contributed by atoms with Crippen molar-refractivity contribution in [3.63, 3.8) is 0 Å². The van der Waals surface area contributed by atoms with Crippen LogP contribution in [0.1, 0.15) is 50.1 Å². The second kappa shape index (κ2) is 6.18. The molecule has 4 rings (SSSR count). The maximum Gasteiger partial charge on any atom is 0.237 e. The molecule has 2 amide bonds. The SMILES string of the molecule is CC(c1nc2ccccc2s1)N(C)CN1C(=O)CC2(CCCC2)C1=O. The zero-order valence-electron chi connectivity index (χ0n) is 14.7. The van der Waals surface area contributed by atoms with E-state index in [-0.39, 0.29) is 17.9 Å². The molecule has 6 heteroatoms. The lowest BCUT2D eigenvalue weighted by molar-refractivity contribution is -0.144. The number of amides is 2. The van der Waals surface area contributed by atoms with E-state index >= 15 is 0 Å². The summed E-state index contributed by atoms with van der Waals surface area (Å²) in [5.41, 5.74) is 0.609. The number of para-hydroxylation sites is 1. The second-order valence-corrected chi connectivity index (χ2v) is 8.45. The lowest BCUT2D eigenvalue weighted by Gasteiger charge is -2.28. The summed E-state index contributed by atoms with van der Waals surface area (Å²) in [4.78, 5) is 33.5. The smallest absolute Gasteiger partial charge is 0.237 e. The van der Waals surface area contributed by atoms with E-state index in [1.165, 1.54) is 4.90 Å². The monoisotopic (exact) mass is 357 g/mol. The Bertz CT molecular complexity index is 792. The molecule has 1 saturated heterocycles. The van der Waals surface area contributed by atoms with Crippen molar-refractivity contribution in [2.75, 3.05) is 13.7 Å². The van der Waals surface area contributed by atoms with Crippen molar-refractivity contribution in [1.29, 1.82) is 0 Å². The van der Waals surface area contributed by atoms with Crippen molar-refractivity contribution in [2.24, 2.45) is 5.41 Å². The molecule has 1 unspecified atom stereocenters. The Morgan fingerprint density at radius 3 is 2.72 bits per heavy atom. The van der Waals surface area contributed by atoms with E-state index in [1.54, 1.807) is 11.3 Å². The fraction of sp³-hybridized carbons (Fsp3) is 0.526. The summed E-state index contributed by atoms with van der Waals surface area (Å²) in [5, 5.41) is 1.01. The van der Waals surface area contributed by atoms with Crippen LogP contribution in [0.2, 0.25) is 0 Å². The molecule has 1 saturated carbocycles. The highest BCUT2D eigenvalue weighted by molar-refractivity contribution is 7.18. The summed E-state index contributed by atoms with van der Waals surface area (Å²) in [7, 11) is 1.96. The molecular formula is C19H23N3O2S. The third-order valence-electron chi connectivity index (χ3n) is 5.74. The number of nitrogens with zero attached hydrogens (tertiary/aromatic N) is 3. The average molecular weight is 357 g/mol. The normalized spacial score (nSPS) is 21.2. The van der Waals surface area contributed by atoms with Crippen molar-refractivity contribution in [1.82, 2.24) is 14.8 Å². The van der Waals surface area contributed by atoms with Gasteiger partial charge in [0.15, 0.2) is 0 Å². The molecule has 1 aliphatic carbocycles. The van der Waals surface area contributed by atoms with Crippen molar-refractivity contribution in [2.45, 2.75) is 45.1 Å². The molecule has 0 N–H and O–H groups in total. The third-order valence-corrected chi connectivity index (χ3v) is 6.95. The molecule has 2 fully saturated rings. The van der Waals surface area contributed by atoms with Crippen LogP contribution in [0, 0.1) is 5.41 Å². The van der Waals surface area contributed by atoms with Gasteiger partial charge in [-0.1, -0.05) is 25.0 Å². The van der Waals surface area contributed by atoms with Crippen molar-refractivity contribution >= 4 is 33.4 Å². The van der Waals surface area contributed by atoms with Gasteiger partial charge in [0.25, 0.3) is 0 Å². The zero-order valence-corrected chi connectivity index (χ0v) is 15.5. The van der Waals surface area contributed by atoms with Gasteiger partial charge in [-0.15, -0.1) is 11.3 Å². The zero-order chi connectivity index (χ0) is 17.6. The van der Waals surface area contributed by atoms with E-state index in [0.29, 0.717) is 13.1 Å². The van der Waals surface area contributed by atoms with E-state index in [2.05, 4.69) is 13.0 Å². The number of carbonyl (C=O) groups excluding carboxylic acids is 2. The van der Waals surface area contributed by atoms with Gasteiger partial charge in [-0.2, -0.15) is 0 Å². The summed E-state index contributed by atoms with van der Waals surface area (Å²) >= 11 is 1.67. The Balaban J connectivity index is 1.50. The predicted octanol–water partition coefficient (Wildman–Crippen LogP) is 3.57. The van der Waals surface area contributed by atoms with Gasteiger partial charge in [0, 0.05) is 6.42 Å². The quantitative estimate of drug-likeness (QED) is 0.785. The molecule has 1 aromatic carbocycles. The summed E-state index contributed by atoms with van der Waals surface area (Å²) in [6.07, 6.45) is 4.25. The van der Waals surface area contributed by atoms with Gasteiger partial charge in [0.05, 0.1) is 28.3 Å². The van der Waals surface area contributed by atoms with Crippen LogP contribution in [0.5, 0.6) is 0 Å². The number of hydrogen-bond acceptors (Lipinski definition) is 5. The van der Waals surface area contributed by atoms with E-state index in [9.17, 15) is 9.59 Å². The molecule has 2 heterocycles. The van der Waals surface area contributed by atoms with Crippen LogP contribution in [-0.4, -0.2) is 40.3 Å². The molecule has 25 heavy (non-hydrogen) atoms. The van der Waals surface area contributed by atoms with E-state index in [4.69, 9.17) is 4.98 Å². The molecule has 0 radical (unpaired) electrons. The Morgan fingerprint density at radius 2 is 2.00 bits per heavy atom. The van der Waals surface area contributed by atoms with Crippen LogP contribution in [0.15, 0.2) is 24.3 Å². The van der Waals surface area contributed by atoms with Gasteiger partial charge in [0.1, 0.15) is 5.01 Å². The number of benzene rings is 1. The molecule has 1 atom stereocenters. The number of aromatic nitrogens is 1. The standard InChI is InChI=1S/C19H23N3O2S/c1-13(17-20-14-7-3-4-8-15(14)25-17)21(2)12-22-16(23)11-19(18(22)24)9-5-6-10-19/h3-4,7-8,13H,5-6,9-12H2,1-2H3. The maximum absolute atomic E-state index is 12.8. The van der Waals surface area contributed by atoms with Crippen LogP contribution >= 0.6 is 11.3 Å². The summed E-state index contributed by atoms with van der Waals surface area (Å²) in [5.74, 6) is 0.0219. The molecule has 2 aromatic rings. The minimum atomic E-state index is -0.392. The predicted molar refractivity (Wildman–Crippen MR) is 98.0 cm³/mol. The second-order valence-electron chi connectivity index (χ2n) is 7.39. The molecule has 1 spiro atoms. The van der Waals surface area contributed by atoms with E-state index in [0.717, 1.165) is 40.9 Å². The molecule has 0 bridgehead atoms. The number of fused-ring (bicyclic) bond motifs is 1. The van der Waals surface area contributed by atoms with Crippen LogP contribution in [0.25, 0.3) is 10.2 Å². The van der Waals surface area contributed by atoms with Crippen molar-refractivity contribution in [3.8, 4) is 0 Å². The lowest BCUT2D eigenvalue weighted by atomic mass is 9.85. The molecule has 1 aliphatic heterocycles. The van der Waals surface area contributed by atoms with Gasteiger partial charge in [-0.3, -0.25) is 19.4 Å². The van der Waals surface area contributed by atoms with Gasteiger partial charge in [-0.25, -0.2) is 4.98 Å². The Morgan fingerprint density at radius 1 is 1.28 bits per heavy atom. The maximum atomic E-state index is 12.8. The molecule has 2 aliphatic rings. The fourth-order valence-electron chi connectivity index (χ4n) is 4.05. The van der Waals surface area contributed by atoms with Crippen LogP contribution < -0.4 is 0 Å². The summed E-state index contributed by atoms with van der Waals surface area (Å²) in [6.45, 7) is 2.42. The minimum Gasteiger partial charge on any atom is -0.279 e. The Kier molecular flexibility index (Phi) is 4.12. The number of hydrogen-bond donors (Lipinski definition) is 0. The summed E-state index contributed by atoms with van der Waals surface area (Å²) < 4.78 is 1.16. The van der Waals surface area contributed by atoms with Gasteiger partial charge >= 0.3 is 0 Å². The molecule has 132 valence electrons. The first-order chi connectivity index (χ1) is 12.0. The molecule has 5 nitrogen and oxygen atoms in total. The number of rotatable bonds is 4. The van der Waals surface area contributed by atoms with E-state index < -0.39 is 5.41 Å². The third kappa shape index (κ3) is 2.77. The number of likely N-dealkylation sites (tertiary alicyclic amines) is 1. The number of carbonyl (C=O) groups is 2. The van der Waals surface area contributed by atoms with Crippen molar-refractivity contribution < 1.29 is 9.59 Å². The Hall–Kier alpha value is -1.79. The first-order valence-electron chi connectivity index (χ1n) is 8.91.